The minimum atomic E-state index is 0.714. The van der Waals surface area contributed by atoms with Crippen molar-refractivity contribution >= 4 is 5.82 Å². The molecule has 5 heteroatoms. The predicted molar refractivity (Wildman–Crippen MR) is 92.8 cm³/mol. The van der Waals surface area contributed by atoms with Crippen molar-refractivity contribution in [3.63, 3.8) is 0 Å². The van der Waals surface area contributed by atoms with Crippen molar-refractivity contribution < 1.29 is 0 Å². The van der Waals surface area contributed by atoms with Crippen molar-refractivity contribution in [2.45, 2.75) is 51.1 Å². The third-order valence-corrected chi connectivity index (χ3v) is 5.93. The maximum atomic E-state index is 4.30. The first-order chi connectivity index (χ1) is 11.3. The molecule has 3 fully saturated rings. The van der Waals surface area contributed by atoms with Gasteiger partial charge in [0.15, 0.2) is 5.82 Å². The Morgan fingerprint density at radius 1 is 0.826 bits per heavy atom. The van der Waals surface area contributed by atoms with Crippen molar-refractivity contribution in [2.75, 3.05) is 44.2 Å². The van der Waals surface area contributed by atoms with Gasteiger partial charge in [-0.15, -0.1) is 5.10 Å². The van der Waals surface area contributed by atoms with Crippen molar-refractivity contribution in [1.29, 1.82) is 0 Å². The van der Waals surface area contributed by atoms with E-state index in [1.165, 1.54) is 58.3 Å². The molecular weight excluding hydrogens is 286 g/mol. The second kappa shape index (κ2) is 6.73. The summed E-state index contributed by atoms with van der Waals surface area (Å²) in [4.78, 5) is 7.81. The number of piperazine rings is 1. The van der Waals surface area contributed by atoms with Crippen LogP contribution in [0.1, 0.15) is 37.8 Å². The minimum absolute atomic E-state index is 0.714. The number of nitrogens with zero attached hydrogens (tertiary/aromatic N) is 5. The van der Waals surface area contributed by atoms with Gasteiger partial charge in [0, 0.05) is 51.4 Å². The van der Waals surface area contributed by atoms with E-state index in [4.69, 9.17) is 0 Å². The van der Waals surface area contributed by atoms with Crippen LogP contribution in [0.3, 0.4) is 0 Å². The lowest BCUT2D eigenvalue weighted by Gasteiger charge is -2.49. The molecular formula is C18H29N5. The minimum Gasteiger partial charge on any atom is -0.352 e. The van der Waals surface area contributed by atoms with Crippen molar-refractivity contribution in [1.82, 2.24) is 20.0 Å². The van der Waals surface area contributed by atoms with E-state index in [1.54, 1.807) is 0 Å². The van der Waals surface area contributed by atoms with Crippen LogP contribution in [-0.4, -0.2) is 71.3 Å². The lowest BCUT2D eigenvalue weighted by Crippen LogP contribution is -2.64. The number of hydrogen-bond donors (Lipinski definition) is 0. The van der Waals surface area contributed by atoms with Crippen LogP contribution in [0.4, 0.5) is 5.82 Å². The van der Waals surface area contributed by atoms with Gasteiger partial charge in [-0.1, -0.05) is 19.3 Å². The summed E-state index contributed by atoms with van der Waals surface area (Å²) >= 11 is 0. The van der Waals surface area contributed by atoms with Crippen molar-refractivity contribution in [3.8, 4) is 0 Å². The average molecular weight is 315 g/mol. The Balaban J connectivity index is 1.23. The van der Waals surface area contributed by atoms with E-state index < -0.39 is 0 Å². The van der Waals surface area contributed by atoms with Crippen LogP contribution in [0.2, 0.25) is 0 Å². The first-order valence-corrected chi connectivity index (χ1v) is 9.33. The Bertz CT molecular complexity index is 497. The Morgan fingerprint density at radius 3 is 2.09 bits per heavy atom. The van der Waals surface area contributed by atoms with Crippen LogP contribution in [0.5, 0.6) is 0 Å². The summed E-state index contributed by atoms with van der Waals surface area (Å²) in [6, 6.07) is 5.75. The van der Waals surface area contributed by atoms with Crippen LogP contribution >= 0.6 is 0 Å². The fourth-order valence-corrected chi connectivity index (χ4v) is 4.35. The number of hydrogen-bond acceptors (Lipinski definition) is 5. The summed E-state index contributed by atoms with van der Waals surface area (Å²) < 4.78 is 0. The topological polar surface area (TPSA) is 35.5 Å². The number of aryl methyl sites for hydroxylation is 1. The predicted octanol–water partition coefficient (Wildman–Crippen LogP) is 1.92. The molecule has 0 atom stereocenters. The summed E-state index contributed by atoms with van der Waals surface area (Å²) in [6.07, 6.45) is 7.21. The zero-order valence-electron chi connectivity index (χ0n) is 14.3. The molecule has 1 saturated carbocycles. The smallest absolute Gasteiger partial charge is 0.151 e. The van der Waals surface area contributed by atoms with Gasteiger partial charge in [0.2, 0.25) is 0 Å². The molecule has 4 rings (SSSR count). The van der Waals surface area contributed by atoms with Crippen LogP contribution in [0, 0.1) is 6.92 Å². The molecule has 1 aliphatic carbocycles. The summed E-state index contributed by atoms with van der Waals surface area (Å²) in [5, 5.41) is 8.47. The van der Waals surface area contributed by atoms with Gasteiger partial charge in [0.25, 0.3) is 0 Å². The lowest BCUT2D eigenvalue weighted by molar-refractivity contribution is 0.0486. The number of aromatic nitrogens is 2. The average Bonchev–Trinajstić information content (AvgIpc) is 2.57. The molecule has 3 heterocycles. The SMILES string of the molecule is Cc1ccc(N2CC(N3CCN(C4CCCCC4)CC3)C2)nn1. The van der Waals surface area contributed by atoms with Gasteiger partial charge in [0.05, 0.1) is 5.69 Å². The molecule has 0 aromatic carbocycles. The maximum absolute atomic E-state index is 4.30. The lowest BCUT2D eigenvalue weighted by atomic mass is 9.93. The first kappa shape index (κ1) is 15.3. The van der Waals surface area contributed by atoms with E-state index in [0.717, 1.165) is 30.6 Å². The zero-order chi connectivity index (χ0) is 15.6. The van der Waals surface area contributed by atoms with Gasteiger partial charge in [-0.25, -0.2) is 0 Å². The van der Waals surface area contributed by atoms with E-state index in [-0.39, 0.29) is 0 Å². The quantitative estimate of drug-likeness (QED) is 0.851. The van der Waals surface area contributed by atoms with Crippen LogP contribution in [-0.2, 0) is 0 Å². The van der Waals surface area contributed by atoms with Gasteiger partial charge in [-0.2, -0.15) is 5.10 Å². The van der Waals surface area contributed by atoms with E-state index >= 15 is 0 Å². The van der Waals surface area contributed by atoms with E-state index in [1.807, 2.05) is 6.92 Å². The normalized spacial score (nSPS) is 25.5. The van der Waals surface area contributed by atoms with Crippen molar-refractivity contribution in [2.24, 2.45) is 0 Å². The maximum Gasteiger partial charge on any atom is 0.151 e. The van der Waals surface area contributed by atoms with Gasteiger partial charge in [-0.3, -0.25) is 9.80 Å². The fraction of sp³-hybridized carbons (Fsp3) is 0.778. The Labute approximate surface area is 139 Å². The molecule has 0 radical (unpaired) electrons. The second-order valence-corrected chi connectivity index (χ2v) is 7.46. The molecule has 1 aromatic heterocycles. The zero-order valence-corrected chi connectivity index (χ0v) is 14.3. The molecule has 23 heavy (non-hydrogen) atoms. The molecule has 1 aromatic rings. The molecule has 126 valence electrons. The Kier molecular flexibility index (Phi) is 4.49. The molecule has 3 aliphatic rings. The molecule has 0 amide bonds. The third-order valence-electron chi connectivity index (χ3n) is 5.93. The molecule has 0 N–H and O–H groups in total. The van der Waals surface area contributed by atoms with Crippen LogP contribution in [0.15, 0.2) is 12.1 Å². The second-order valence-electron chi connectivity index (χ2n) is 7.46. The van der Waals surface area contributed by atoms with E-state index in [0.29, 0.717) is 6.04 Å². The van der Waals surface area contributed by atoms with E-state index in [9.17, 15) is 0 Å². The Morgan fingerprint density at radius 2 is 1.48 bits per heavy atom. The molecule has 5 nitrogen and oxygen atoms in total. The molecule has 2 aliphatic heterocycles. The van der Waals surface area contributed by atoms with Crippen LogP contribution in [0.25, 0.3) is 0 Å². The third kappa shape index (κ3) is 3.36. The first-order valence-electron chi connectivity index (χ1n) is 9.33. The molecule has 2 saturated heterocycles. The van der Waals surface area contributed by atoms with Gasteiger partial charge in [0.1, 0.15) is 0 Å². The summed E-state index contributed by atoms with van der Waals surface area (Å²) in [6.45, 7) is 9.24. The molecule has 0 unspecified atom stereocenters. The Hall–Kier alpha value is -1.20. The summed E-state index contributed by atoms with van der Waals surface area (Å²) in [7, 11) is 0. The highest BCUT2D eigenvalue weighted by atomic mass is 15.4. The standard InChI is InChI=1S/C18H29N5/c1-15-7-8-18(20-19-15)23-13-17(14-23)22-11-9-21(10-12-22)16-5-3-2-4-6-16/h7-8,16-17H,2-6,9-14H2,1H3. The summed E-state index contributed by atoms with van der Waals surface area (Å²) in [5.74, 6) is 1.03. The van der Waals surface area contributed by atoms with E-state index in [2.05, 4.69) is 37.0 Å². The number of rotatable bonds is 3. The van der Waals surface area contributed by atoms with Gasteiger partial charge >= 0.3 is 0 Å². The summed E-state index contributed by atoms with van der Waals surface area (Å²) in [5.41, 5.74) is 0.990. The molecule has 0 bridgehead atoms. The highest BCUT2D eigenvalue weighted by Crippen LogP contribution is 2.26. The van der Waals surface area contributed by atoms with Crippen LogP contribution < -0.4 is 4.90 Å². The van der Waals surface area contributed by atoms with Gasteiger partial charge < -0.3 is 4.90 Å². The van der Waals surface area contributed by atoms with Gasteiger partial charge in [-0.05, 0) is 31.9 Å². The monoisotopic (exact) mass is 315 g/mol. The molecule has 0 spiro atoms. The largest absolute Gasteiger partial charge is 0.352 e. The highest BCUT2D eigenvalue weighted by molar-refractivity contribution is 5.41. The highest BCUT2D eigenvalue weighted by Gasteiger charge is 2.35. The fourth-order valence-electron chi connectivity index (χ4n) is 4.35. The van der Waals surface area contributed by atoms with Crippen molar-refractivity contribution in [3.05, 3.63) is 17.8 Å². The number of anilines is 1.